The van der Waals surface area contributed by atoms with Crippen LogP contribution in [0, 0.1) is 0 Å². The minimum absolute atomic E-state index is 0.123. The molecule has 8 heteroatoms. The maximum absolute atomic E-state index is 12.3. The van der Waals surface area contributed by atoms with Gasteiger partial charge in [0.1, 0.15) is 11.6 Å². The summed E-state index contributed by atoms with van der Waals surface area (Å²) in [7, 11) is 1.58. The third-order valence-electron chi connectivity index (χ3n) is 4.48. The molecular weight excluding hydrogens is 448 g/mol. The molecule has 1 aromatic heterocycles. The van der Waals surface area contributed by atoms with Crippen molar-refractivity contribution in [3.63, 3.8) is 0 Å². The number of ether oxygens (including phenoxy) is 1. The Labute approximate surface area is 183 Å². The van der Waals surface area contributed by atoms with Gasteiger partial charge in [0.05, 0.1) is 19.9 Å². The molecule has 0 spiro atoms. The van der Waals surface area contributed by atoms with Gasteiger partial charge in [-0.3, -0.25) is 9.59 Å². The van der Waals surface area contributed by atoms with Gasteiger partial charge in [-0.2, -0.15) is 5.10 Å². The SMILES string of the molecule is COc1ccc(C(=O)NCCCC(=O)Nc2ccnn2Cc2ccccc2Br)cc1. The minimum Gasteiger partial charge on any atom is -0.497 e. The third-order valence-corrected chi connectivity index (χ3v) is 5.25. The first kappa shape index (κ1) is 21.6. The number of carbonyl (C=O) groups excluding carboxylic acids is 2. The van der Waals surface area contributed by atoms with Gasteiger partial charge in [0, 0.05) is 29.1 Å². The van der Waals surface area contributed by atoms with Crippen LogP contribution in [0.15, 0.2) is 65.3 Å². The van der Waals surface area contributed by atoms with Crippen molar-refractivity contribution >= 4 is 33.6 Å². The molecule has 0 aliphatic rings. The molecule has 2 N–H and O–H groups in total. The van der Waals surface area contributed by atoms with Crippen LogP contribution in [0.3, 0.4) is 0 Å². The summed E-state index contributed by atoms with van der Waals surface area (Å²) in [5.41, 5.74) is 1.62. The van der Waals surface area contributed by atoms with Gasteiger partial charge in [-0.1, -0.05) is 34.1 Å². The number of hydrogen-bond donors (Lipinski definition) is 2. The number of halogens is 1. The van der Waals surface area contributed by atoms with Gasteiger partial charge < -0.3 is 15.4 Å². The fourth-order valence-electron chi connectivity index (χ4n) is 2.85. The number of carbonyl (C=O) groups is 2. The molecule has 0 bridgehead atoms. The average molecular weight is 471 g/mol. The Hall–Kier alpha value is -3.13. The maximum atomic E-state index is 12.3. The van der Waals surface area contributed by atoms with E-state index in [1.165, 1.54) is 0 Å². The van der Waals surface area contributed by atoms with Gasteiger partial charge in [-0.25, -0.2) is 4.68 Å². The Kier molecular flexibility index (Phi) is 7.62. The predicted octanol–water partition coefficient (Wildman–Crippen LogP) is 3.85. The Balaban J connectivity index is 1.43. The molecule has 0 fully saturated rings. The summed E-state index contributed by atoms with van der Waals surface area (Å²) in [5.74, 6) is 1.03. The number of rotatable bonds is 9. The number of nitrogens with zero attached hydrogens (tertiary/aromatic N) is 2. The number of amides is 2. The van der Waals surface area contributed by atoms with Crippen LogP contribution in [-0.2, 0) is 11.3 Å². The number of nitrogens with one attached hydrogen (secondary N) is 2. The zero-order valence-corrected chi connectivity index (χ0v) is 18.2. The molecule has 2 amide bonds. The molecule has 156 valence electrons. The lowest BCUT2D eigenvalue weighted by Gasteiger charge is -2.10. The fraction of sp³-hybridized carbons (Fsp3) is 0.227. The van der Waals surface area contributed by atoms with E-state index >= 15 is 0 Å². The van der Waals surface area contributed by atoms with E-state index in [0.717, 1.165) is 10.0 Å². The highest BCUT2D eigenvalue weighted by Gasteiger charge is 2.10. The van der Waals surface area contributed by atoms with Gasteiger partial charge in [0.25, 0.3) is 5.91 Å². The molecule has 3 rings (SSSR count). The zero-order chi connectivity index (χ0) is 21.3. The van der Waals surface area contributed by atoms with E-state index in [1.807, 2.05) is 24.3 Å². The molecule has 0 unspecified atom stereocenters. The van der Waals surface area contributed by atoms with E-state index in [9.17, 15) is 9.59 Å². The fourth-order valence-corrected chi connectivity index (χ4v) is 3.26. The normalized spacial score (nSPS) is 10.5. The van der Waals surface area contributed by atoms with Crippen molar-refractivity contribution in [1.29, 1.82) is 0 Å². The highest BCUT2D eigenvalue weighted by molar-refractivity contribution is 9.10. The van der Waals surface area contributed by atoms with Crippen molar-refractivity contribution < 1.29 is 14.3 Å². The monoisotopic (exact) mass is 470 g/mol. The van der Waals surface area contributed by atoms with E-state index in [1.54, 1.807) is 48.3 Å². The van der Waals surface area contributed by atoms with E-state index < -0.39 is 0 Å². The molecule has 0 aliphatic heterocycles. The first-order chi connectivity index (χ1) is 14.6. The first-order valence-electron chi connectivity index (χ1n) is 9.54. The van der Waals surface area contributed by atoms with Crippen molar-refractivity contribution in [3.05, 3.63) is 76.4 Å². The second-order valence-electron chi connectivity index (χ2n) is 6.60. The Morgan fingerprint density at radius 2 is 1.87 bits per heavy atom. The highest BCUT2D eigenvalue weighted by Crippen LogP contribution is 2.19. The maximum Gasteiger partial charge on any atom is 0.251 e. The summed E-state index contributed by atoms with van der Waals surface area (Å²) >= 11 is 3.53. The number of aromatic nitrogens is 2. The molecular formula is C22H23BrN4O3. The lowest BCUT2D eigenvalue weighted by molar-refractivity contribution is -0.116. The van der Waals surface area contributed by atoms with Gasteiger partial charge in [0.2, 0.25) is 5.91 Å². The van der Waals surface area contributed by atoms with Gasteiger partial charge >= 0.3 is 0 Å². The van der Waals surface area contributed by atoms with Crippen molar-refractivity contribution in [2.45, 2.75) is 19.4 Å². The molecule has 30 heavy (non-hydrogen) atoms. The summed E-state index contributed by atoms with van der Waals surface area (Å²) in [6, 6.07) is 16.5. The van der Waals surface area contributed by atoms with Crippen LogP contribution in [0.1, 0.15) is 28.8 Å². The first-order valence-corrected chi connectivity index (χ1v) is 10.3. The number of benzene rings is 2. The molecule has 1 heterocycles. The van der Waals surface area contributed by atoms with E-state index in [2.05, 4.69) is 31.7 Å². The van der Waals surface area contributed by atoms with Gasteiger partial charge in [-0.15, -0.1) is 0 Å². The molecule has 7 nitrogen and oxygen atoms in total. The van der Waals surface area contributed by atoms with E-state index in [4.69, 9.17) is 4.74 Å². The van der Waals surface area contributed by atoms with Crippen LogP contribution in [-0.4, -0.2) is 35.2 Å². The Morgan fingerprint density at radius 1 is 1.10 bits per heavy atom. The molecule has 0 saturated carbocycles. The lowest BCUT2D eigenvalue weighted by Crippen LogP contribution is -2.25. The second-order valence-corrected chi connectivity index (χ2v) is 7.46. The molecule has 3 aromatic rings. The quantitative estimate of drug-likeness (QED) is 0.465. The lowest BCUT2D eigenvalue weighted by atomic mass is 10.2. The standard InChI is InChI=1S/C22H23BrN4O3/c1-30-18-10-8-16(9-11-18)22(29)24-13-4-7-21(28)26-20-12-14-25-27(20)15-17-5-2-3-6-19(17)23/h2-3,5-6,8-12,14H,4,7,13,15H2,1H3,(H,24,29)(H,26,28). The third kappa shape index (κ3) is 5.93. The summed E-state index contributed by atoms with van der Waals surface area (Å²) in [5, 5.41) is 9.99. The van der Waals surface area contributed by atoms with Crippen LogP contribution in [0.2, 0.25) is 0 Å². The topological polar surface area (TPSA) is 85.2 Å². The summed E-state index contributed by atoms with van der Waals surface area (Å²) < 4.78 is 7.81. The van der Waals surface area contributed by atoms with Crippen molar-refractivity contribution in [2.24, 2.45) is 0 Å². The van der Waals surface area contributed by atoms with Crippen molar-refractivity contribution in [2.75, 3.05) is 19.0 Å². The van der Waals surface area contributed by atoms with Crippen LogP contribution < -0.4 is 15.4 Å². The Bertz CT molecular complexity index is 1000. The molecule has 0 radical (unpaired) electrons. The summed E-state index contributed by atoms with van der Waals surface area (Å²) in [6.07, 6.45) is 2.48. The van der Waals surface area contributed by atoms with Crippen LogP contribution in [0.5, 0.6) is 5.75 Å². The van der Waals surface area contributed by atoms with Crippen molar-refractivity contribution in [1.82, 2.24) is 15.1 Å². The summed E-state index contributed by atoms with van der Waals surface area (Å²) in [6.45, 7) is 0.955. The van der Waals surface area contributed by atoms with Crippen molar-refractivity contribution in [3.8, 4) is 5.75 Å². The number of hydrogen-bond acceptors (Lipinski definition) is 4. The molecule has 2 aromatic carbocycles. The van der Waals surface area contributed by atoms with E-state index in [-0.39, 0.29) is 11.8 Å². The highest BCUT2D eigenvalue weighted by atomic mass is 79.9. The largest absolute Gasteiger partial charge is 0.497 e. The Morgan fingerprint density at radius 3 is 2.60 bits per heavy atom. The number of methoxy groups -OCH3 is 1. The molecule has 0 saturated heterocycles. The van der Waals surface area contributed by atoms with Gasteiger partial charge in [-0.05, 0) is 42.3 Å². The van der Waals surface area contributed by atoms with E-state index in [0.29, 0.717) is 43.1 Å². The minimum atomic E-state index is -0.176. The zero-order valence-electron chi connectivity index (χ0n) is 16.6. The van der Waals surface area contributed by atoms with Crippen LogP contribution in [0.4, 0.5) is 5.82 Å². The predicted molar refractivity (Wildman–Crippen MR) is 119 cm³/mol. The molecule has 0 aliphatic carbocycles. The average Bonchev–Trinajstić information content (AvgIpc) is 3.19. The van der Waals surface area contributed by atoms with Crippen LogP contribution in [0.25, 0.3) is 0 Å². The van der Waals surface area contributed by atoms with Crippen LogP contribution >= 0.6 is 15.9 Å². The number of anilines is 1. The molecule has 0 atom stereocenters. The summed E-state index contributed by atoms with van der Waals surface area (Å²) in [4.78, 5) is 24.4. The second kappa shape index (κ2) is 10.6. The smallest absolute Gasteiger partial charge is 0.251 e. The van der Waals surface area contributed by atoms with Gasteiger partial charge in [0.15, 0.2) is 0 Å².